The topological polar surface area (TPSA) is 49.9 Å². The van der Waals surface area contributed by atoms with Gasteiger partial charge in [0, 0.05) is 11.1 Å². The van der Waals surface area contributed by atoms with Crippen LogP contribution in [0.2, 0.25) is 0 Å². The lowest BCUT2D eigenvalue weighted by Gasteiger charge is -2.02. The molecule has 0 bridgehead atoms. The molecule has 2 rings (SSSR count). The molecule has 18 heavy (non-hydrogen) atoms. The number of H-pyrrole nitrogens is 1. The van der Waals surface area contributed by atoms with Crippen LogP contribution in [-0.2, 0) is 0 Å². The van der Waals surface area contributed by atoms with E-state index in [-0.39, 0.29) is 22.5 Å². The predicted molar refractivity (Wildman–Crippen MR) is 61.7 cm³/mol. The lowest BCUT2D eigenvalue weighted by Crippen LogP contribution is -1.91. The van der Waals surface area contributed by atoms with Gasteiger partial charge in [0.05, 0.1) is 11.4 Å². The highest BCUT2D eigenvalue weighted by atomic mass is 19.1. The maximum absolute atomic E-state index is 13.6. The number of aromatic nitrogens is 1. The largest absolute Gasteiger partial charge is 0.351 e. The van der Waals surface area contributed by atoms with Gasteiger partial charge in [0.1, 0.15) is 11.6 Å². The summed E-state index contributed by atoms with van der Waals surface area (Å²) in [7, 11) is 0. The van der Waals surface area contributed by atoms with Gasteiger partial charge in [-0.15, -0.1) is 0 Å². The van der Waals surface area contributed by atoms with E-state index in [1.54, 1.807) is 6.92 Å². The monoisotopic (exact) mass is 249 g/mol. The van der Waals surface area contributed by atoms with Crippen molar-refractivity contribution in [2.75, 3.05) is 0 Å². The van der Waals surface area contributed by atoms with Crippen molar-refractivity contribution in [3.05, 3.63) is 46.7 Å². The van der Waals surface area contributed by atoms with Gasteiger partial charge in [0.15, 0.2) is 12.6 Å². The van der Waals surface area contributed by atoms with Gasteiger partial charge in [0.25, 0.3) is 0 Å². The van der Waals surface area contributed by atoms with E-state index in [0.29, 0.717) is 18.1 Å². The zero-order valence-corrected chi connectivity index (χ0v) is 9.46. The molecule has 0 aliphatic heterocycles. The third kappa shape index (κ3) is 1.84. The number of carbonyl (C=O) groups is 2. The van der Waals surface area contributed by atoms with Crippen molar-refractivity contribution in [2.24, 2.45) is 0 Å². The smallest absolute Gasteiger partial charge is 0.166 e. The Morgan fingerprint density at radius 1 is 1.17 bits per heavy atom. The van der Waals surface area contributed by atoms with Crippen molar-refractivity contribution in [1.29, 1.82) is 0 Å². The highest BCUT2D eigenvalue weighted by Crippen LogP contribution is 2.28. The molecule has 0 fully saturated rings. The average molecular weight is 249 g/mol. The summed E-state index contributed by atoms with van der Waals surface area (Å²) in [5.41, 5.74) is 0.783. The Kier molecular flexibility index (Phi) is 3.06. The molecule has 92 valence electrons. The van der Waals surface area contributed by atoms with E-state index in [9.17, 15) is 18.4 Å². The fourth-order valence-corrected chi connectivity index (χ4v) is 1.80. The van der Waals surface area contributed by atoms with Crippen molar-refractivity contribution in [2.45, 2.75) is 6.92 Å². The van der Waals surface area contributed by atoms with E-state index in [4.69, 9.17) is 0 Å². The van der Waals surface area contributed by atoms with Gasteiger partial charge in [-0.1, -0.05) is 0 Å². The van der Waals surface area contributed by atoms with Crippen LogP contribution >= 0.6 is 0 Å². The summed E-state index contributed by atoms with van der Waals surface area (Å²) >= 11 is 0. The van der Waals surface area contributed by atoms with Crippen LogP contribution in [0, 0.1) is 18.6 Å². The zero-order chi connectivity index (χ0) is 13.3. The second-order valence-corrected chi connectivity index (χ2v) is 3.81. The molecule has 1 heterocycles. The normalized spacial score (nSPS) is 10.4. The minimum atomic E-state index is -0.668. The number of hydrogen-bond acceptors (Lipinski definition) is 2. The van der Waals surface area contributed by atoms with Gasteiger partial charge < -0.3 is 4.98 Å². The summed E-state index contributed by atoms with van der Waals surface area (Å²) in [5, 5.41) is 0. The Morgan fingerprint density at radius 3 is 2.50 bits per heavy atom. The molecule has 0 aliphatic rings. The number of benzene rings is 1. The van der Waals surface area contributed by atoms with Crippen LogP contribution in [0.1, 0.15) is 26.4 Å². The first kappa shape index (κ1) is 12.2. The van der Waals surface area contributed by atoms with Crippen molar-refractivity contribution >= 4 is 12.6 Å². The molecule has 0 atom stereocenters. The number of nitrogens with one attached hydrogen (secondary N) is 1. The van der Waals surface area contributed by atoms with Crippen LogP contribution in [0.4, 0.5) is 8.78 Å². The second-order valence-electron chi connectivity index (χ2n) is 3.81. The predicted octanol–water partition coefficient (Wildman–Crippen LogP) is 2.89. The number of aromatic amines is 1. The molecule has 1 aromatic heterocycles. The maximum Gasteiger partial charge on any atom is 0.166 e. The second kappa shape index (κ2) is 4.52. The summed E-state index contributed by atoms with van der Waals surface area (Å²) in [6.07, 6.45) is 1.04. The Morgan fingerprint density at radius 2 is 1.89 bits per heavy atom. The summed E-state index contributed by atoms with van der Waals surface area (Å²) in [5.74, 6) is -1.29. The van der Waals surface area contributed by atoms with Crippen molar-refractivity contribution < 1.29 is 18.4 Å². The van der Waals surface area contributed by atoms with Gasteiger partial charge >= 0.3 is 0 Å². The number of hydrogen-bond donors (Lipinski definition) is 1. The Labute approximate surface area is 101 Å². The van der Waals surface area contributed by atoms with Crippen LogP contribution in [0.5, 0.6) is 0 Å². The van der Waals surface area contributed by atoms with E-state index in [1.165, 1.54) is 0 Å². The number of carbonyl (C=O) groups excluding carboxylic acids is 2. The van der Waals surface area contributed by atoms with E-state index >= 15 is 0 Å². The fourth-order valence-electron chi connectivity index (χ4n) is 1.80. The lowest BCUT2D eigenvalue weighted by atomic mass is 10.1. The number of rotatable bonds is 3. The highest BCUT2D eigenvalue weighted by molar-refractivity contribution is 5.93. The molecular weight excluding hydrogens is 240 g/mol. The average Bonchev–Trinajstić information content (AvgIpc) is 2.68. The molecule has 5 heteroatoms. The standard InChI is InChI=1S/C13H9F2NO2/c1-7-10(5-17)13(16-12(7)6-18)9-4-8(14)2-3-11(9)15/h2-6,16H,1H3. The van der Waals surface area contributed by atoms with Crippen LogP contribution in [0.3, 0.4) is 0 Å². The molecular formula is C13H9F2NO2. The molecule has 3 nitrogen and oxygen atoms in total. The van der Waals surface area contributed by atoms with Gasteiger partial charge in [-0.3, -0.25) is 9.59 Å². The molecule has 1 N–H and O–H groups in total. The fraction of sp³-hybridized carbons (Fsp3) is 0.0769. The van der Waals surface area contributed by atoms with Crippen LogP contribution in [-0.4, -0.2) is 17.6 Å². The van der Waals surface area contributed by atoms with Crippen molar-refractivity contribution in [1.82, 2.24) is 4.98 Å². The van der Waals surface area contributed by atoms with E-state index in [2.05, 4.69) is 4.98 Å². The van der Waals surface area contributed by atoms with Crippen LogP contribution in [0.15, 0.2) is 18.2 Å². The first-order chi connectivity index (χ1) is 8.58. The van der Waals surface area contributed by atoms with Crippen LogP contribution in [0.25, 0.3) is 11.3 Å². The molecule has 0 saturated carbocycles. The first-order valence-corrected chi connectivity index (χ1v) is 5.16. The third-order valence-corrected chi connectivity index (χ3v) is 2.77. The molecule has 0 unspecified atom stereocenters. The SMILES string of the molecule is Cc1c(C=O)[nH]c(-c2cc(F)ccc2F)c1C=O. The molecule has 0 aliphatic carbocycles. The molecule has 0 spiro atoms. The summed E-state index contributed by atoms with van der Waals surface area (Å²) in [4.78, 5) is 24.4. The molecule has 0 saturated heterocycles. The van der Waals surface area contributed by atoms with E-state index < -0.39 is 11.6 Å². The first-order valence-electron chi connectivity index (χ1n) is 5.16. The van der Waals surface area contributed by atoms with Gasteiger partial charge in [-0.05, 0) is 30.7 Å². The summed E-state index contributed by atoms with van der Waals surface area (Å²) in [6, 6.07) is 2.92. The zero-order valence-electron chi connectivity index (χ0n) is 9.46. The summed E-state index contributed by atoms with van der Waals surface area (Å²) < 4.78 is 26.7. The summed E-state index contributed by atoms with van der Waals surface area (Å²) in [6.45, 7) is 1.56. The number of halogens is 2. The molecule has 0 amide bonds. The maximum atomic E-state index is 13.6. The Bertz CT molecular complexity index is 632. The van der Waals surface area contributed by atoms with Crippen molar-refractivity contribution in [3.8, 4) is 11.3 Å². The minimum absolute atomic E-state index is 0.0756. The van der Waals surface area contributed by atoms with Crippen LogP contribution < -0.4 is 0 Å². The van der Waals surface area contributed by atoms with E-state index in [1.807, 2.05) is 0 Å². The molecule has 2 aromatic rings. The van der Waals surface area contributed by atoms with Gasteiger partial charge in [0.2, 0.25) is 0 Å². The Balaban J connectivity index is 2.74. The lowest BCUT2D eigenvalue weighted by molar-refractivity contribution is 0.111. The number of aldehydes is 2. The highest BCUT2D eigenvalue weighted by Gasteiger charge is 2.17. The Hall–Kier alpha value is -2.30. The molecule has 0 radical (unpaired) electrons. The molecule has 1 aromatic carbocycles. The van der Waals surface area contributed by atoms with Gasteiger partial charge in [-0.2, -0.15) is 0 Å². The minimum Gasteiger partial charge on any atom is -0.351 e. The van der Waals surface area contributed by atoms with Crippen molar-refractivity contribution in [3.63, 3.8) is 0 Å². The quantitative estimate of drug-likeness (QED) is 0.850. The van der Waals surface area contributed by atoms with Gasteiger partial charge in [-0.25, -0.2) is 8.78 Å². The third-order valence-electron chi connectivity index (χ3n) is 2.77. The van der Waals surface area contributed by atoms with E-state index in [0.717, 1.165) is 18.2 Å².